The Hall–Kier alpha value is -1.58. The number of fused-ring (bicyclic) bond motifs is 1. The van der Waals surface area contributed by atoms with Gasteiger partial charge in [-0.05, 0) is 30.3 Å². The predicted octanol–water partition coefficient (Wildman–Crippen LogP) is 4.49. The molecule has 0 amide bonds. The van der Waals surface area contributed by atoms with Crippen molar-refractivity contribution in [2.45, 2.75) is 0 Å². The molecule has 0 fully saturated rings. The number of anilines is 2. The second-order valence-corrected chi connectivity index (χ2v) is 4.95. The fourth-order valence-electron chi connectivity index (χ4n) is 2.03. The lowest BCUT2D eigenvalue weighted by atomic mass is 10.2. The Bertz CT molecular complexity index is 631. The van der Waals surface area contributed by atoms with Gasteiger partial charge in [0.25, 0.3) is 0 Å². The molecule has 3 nitrogen and oxygen atoms in total. The van der Waals surface area contributed by atoms with E-state index in [1.165, 1.54) is 0 Å². The molecular weight excluding hydrogens is 285 g/mol. The molecule has 19 heavy (non-hydrogen) atoms. The highest BCUT2D eigenvalue weighted by Crippen LogP contribution is 2.42. The van der Waals surface area contributed by atoms with Crippen LogP contribution in [0.2, 0.25) is 10.0 Å². The topological polar surface area (TPSA) is 21.7 Å². The number of ether oxygens (including phenoxy) is 2. The zero-order chi connectivity index (χ0) is 13.4. The normalized spacial score (nSPS) is 13.1. The maximum absolute atomic E-state index is 6.05. The van der Waals surface area contributed by atoms with Gasteiger partial charge in [-0.1, -0.05) is 23.2 Å². The fraction of sp³-hybridized carbons (Fsp3) is 0.143. The number of hydrogen-bond acceptors (Lipinski definition) is 3. The number of methoxy groups -OCH3 is 1. The Morgan fingerprint density at radius 2 is 1.95 bits per heavy atom. The van der Waals surface area contributed by atoms with Gasteiger partial charge in [0.05, 0.1) is 22.8 Å². The SMILES string of the molecule is COc1ccc2c(c1)N(c1ccc(Cl)c(Cl)c1)CO2. The van der Waals surface area contributed by atoms with Crippen molar-refractivity contribution < 1.29 is 9.47 Å². The number of halogens is 2. The van der Waals surface area contributed by atoms with Crippen molar-refractivity contribution in [3.05, 3.63) is 46.4 Å². The lowest BCUT2D eigenvalue weighted by Gasteiger charge is -2.17. The summed E-state index contributed by atoms with van der Waals surface area (Å²) in [6, 6.07) is 11.2. The Morgan fingerprint density at radius 3 is 2.68 bits per heavy atom. The van der Waals surface area contributed by atoms with E-state index in [4.69, 9.17) is 32.7 Å². The van der Waals surface area contributed by atoms with Crippen molar-refractivity contribution in [3.63, 3.8) is 0 Å². The molecule has 0 saturated carbocycles. The molecule has 1 aliphatic rings. The molecule has 0 unspecified atom stereocenters. The van der Waals surface area contributed by atoms with E-state index in [9.17, 15) is 0 Å². The van der Waals surface area contributed by atoms with Gasteiger partial charge in [0.2, 0.25) is 0 Å². The van der Waals surface area contributed by atoms with Gasteiger partial charge >= 0.3 is 0 Å². The minimum Gasteiger partial charge on any atom is -0.497 e. The molecule has 2 aromatic carbocycles. The molecule has 0 aromatic heterocycles. The van der Waals surface area contributed by atoms with Crippen LogP contribution in [0, 0.1) is 0 Å². The van der Waals surface area contributed by atoms with Crippen LogP contribution in [0.3, 0.4) is 0 Å². The third-order valence-corrected chi connectivity index (χ3v) is 3.76. The van der Waals surface area contributed by atoms with Crippen LogP contribution < -0.4 is 14.4 Å². The maximum atomic E-state index is 6.05. The molecule has 5 heteroatoms. The van der Waals surface area contributed by atoms with Crippen LogP contribution in [0.1, 0.15) is 0 Å². The lowest BCUT2D eigenvalue weighted by molar-refractivity contribution is 0.357. The van der Waals surface area contributed by atoms with Crippen molar-refractivity contribution in [3.8, 4) is 11.5 Å². The van der Waals surface area contributed by atoms with Crippen LogP contribution in [0.4, 0.5) is 11.4 Å². The van der Waals surface area contributed by atoms with Crippen LogP contribution in [0.25, 0.3) is 0 Å². The average Bonchev–Trinajstić information content (AvgIpc) is 2.84. The van der Waals surface area contributed by atoms with Gasteiger partial charge in [0.1, 0.15) is 11.5 Å². The summed E-state index contributed by atoms with van der Waals surface area (Å²) in [7, 11) is 1.64. The highest BCUT2D eigenvalue weighted by molar-refractivity contribution is 6.42. The summed E-state index contributed by atoms with van der Waals surface area (Å²) in [4.78, 5) is 2.01. The van der Waals surface area contributed by atoms with Crippen molar-refractivity contribution in [2.75, 3.05) is 18.7 Å². The van der Waals surface area contributed by atoms with Crippen LogP contribution in [0.5, 0.6) is 11.5 Å². The van der Waals surface area contributed by atoms with E-state index in [0.717, 1.165) is 22.9 Å². The Kier molecular flexibility index (Phi) is 3.17. The highest BCUT2D eigenvalue weighted by atomic mass is 35.5. The van der Waals surface area contributed by atoms with Crippen LogP contribution in [-0.4, -0.2) is 13.8 Å². The number of hydrogen-bond donors (Lipinski definition) is 0. The standard InChI is InChI=1S/C14H11Cl2NO2/c1-18-10-3-5-14-13(7-10)17(8-19-14)9-2-4-11(15)12(16)6-9/h2-7H,8H2,1H3. The minimum absolute atomic E-state index is 0.445. The second-order valence-electron chi connectivity index (χ2n) is 4.13. The molecule has 0 atom stereocenters. The smallest absolute Gasteiger partial charge is 0.165 e. The van der Waals surface area contributed by atoms with Crippen molar-refractivity contribution in [2.24, 2.45) is 0 Å². The van der Waals surface area contributed by atoms with Gasteiger partial charge in [-0.25, -0.2) is 0 Å². The minimum atomic E-state index is 0.445. The molecule has 0 N–H and O–H groups in total. The Morgan fingerprint density at radius 1 is 1.11 bits per heavy atom. The number of rotatable bonds is 2. The molecule has 2 aromatic rings. The summed E-state index contributed by atoms with van der Waals surface area (Å²) in [5, 5.41) is 1.06. The monoisotopic (exact) mass is 295 g/mol. The summed E-state index contributed by atoms with van der Waals surface area (Å²) < 4.78 is 10.9. The average molecular weight is 296 g/mol. The molecule has 98 valence electrons. The maximum Gasteiger partial charge on any atom is 0.165 e. The zero-order valence-electron chi connectivity index (χ0n) is 10.2. The van der Waals surface area contributed by atoms with Gasteiger partial charge in [-0.3, -0.25) is 0 Å². The van der Waals surface area contributed by atoms with Crippen molar-refractivity contribution in [1.29, 1.82) is 0 Å². The van der Waals surface area contributed by atoms with E-state index < -0.39 is 0 Å². The highest BCUT2D eigenvalue weighted by Gasteiger charge is 2.23. The molecule has 1 aliphatic heterocycles. The number of nitrogens with zero attached hydrogens (tertiary/aromatic N) is 1. The van der Waals surface area contributed by atoms with Crippen molar-refractivity contribution >= 4 is 34.6 Å². The summed E-state index contributed by atoms with van der Waals surface area (Å²) in [6.07, 6.45) is 0. The van der Waals surface area contributed by atoms with Gasteiger partial charge in [-0.15, -0.1) is 0 Å². The molecule has 1 heterocycles. The first-order chi connectivity index (χ1) is 9.19. The lowest BCUT2D eigenvalue weighted by Crippen LogP contribution is -2.15. The largest absolute Gasteiger partial charge is 0.497 e. The molecule has 0 aliphatic carbocycles. The van der Waals surface area contributed by atoms with Crippen LogP contribution in [-0.2, 0) is 0 Å². The van der Waals surface area contributed by atoms with E-state index in [1.807, 2.05) is 35.2 Å². The fourth-order valence-corrected chi connectivity index (χ4v) is 2.32. The number of benzene rings is 2. The second kappa shape index (κ2) is 4.83. The van der Waals surface area contributed by atoms with E-state index in [0.29, 0.717) is 16.8 Å². The Labute approximate surface area is 121 Å². The predicted molar refractivity (Wildman–Crippen MR) is 77.1 cm³/mol. The summed E-state index contributed by atoms with van der Waals surface area (Å²) in [5.41, 5.74) is 1.89. The molecule has 0 saturated heterocycles. The van der Waals surface area contributed by atoms with Gasteiger partial charge < -0.3 is 14.4 Å². The summed E-state index contributed by atoms with van der Waals surface area (Å²) >= 11 is 12.0. The van der Waals surface area contributed by atoms with Crippen LogP contribution in [0.15, 0.2) is 36.4 Å². The Balaban J connectivity index is 2.03. The molecular formula is C14H11Cl2NO2. The first-order valence-electron chi connectivity index (χ1n) is 5.72. The molecule has 3 rings (SSSR count). The first-order valence-corrected chi connectivity index (χ1v) is 6.48. The zero-order valence-corrected chi connectivity index (χ0v) is 11.7. The van der Waals surface area contributed by atoms with Gasteiger partial charge in [0, 0.05) is 11.8 Å². The quantitative estimate of drug-likeness (QED) is 0.815. The van der Waals surface area contributed by atoms with E-state index in [-0.39, 0.29) is 0 Å². The third-order valence-electron chi connectivity index (χ3n) is 3.02. The van der Waals surface area contributed by atoms with Gasteiger partial charge in [-0.2, -0.15) is 0 Å². The van der Waals surface area contributed by atoms with E-state index in [2.05, 4.69) is 0 Å². The summed E-state index contributed by atoms with van der Waals surface area (Å²) in [6.45, 7) is 0.445. The summed E-state index contributed by atoms with van der Waals surface area (Å²) in [5.74, 6) is 1.61. The molecule has 0 spiro atoms. The third kappa shape index (κ3) is 2.20. The van der Waals surface area contributed by atoms with Gasteiger partial charge in [0.15, 0.2) is 6.73 Å². The van der Waals surface area contributed by atoms with E-state index >= 15 is 0 Å². The first kappa shape index (κ1) is 12.5. The van der Waals surface area contributed by atoms with E-state index in [1.54, 1.807) is 13.2 Å². The van der Waals surface area contributed by atoms with Crippen molar-refractivity contribution in [1.82, 2.24) is 0 Å². The molecule has 0 bridgehead atoms. The van der Waals surface area contributed by atoms with Crippen LogP contribution >= 0.6 is 23.2 Å². The molecule has 0 radical (unpaired) electrons.